The van der Waals surface area contributed by atoms with E-state index in [1.165, 1.54) is 11.6 Å². The first-order chi connectivity index (χ1) is 9.28. The Bertz CT molecular complexity index is 649. The van der Waals surface area contributed by atoms with Crippen molar-refractivity contribution in [3.8, 4) is 5.75 Å². The lowest BCUT2D eigenvalue weighted by molar-refractivity contribution is -0.436. The molecule has 2 aromatic carbocycles. The molecule has 3 rings (SSSR count). The van der Waals surface area contributed by atoms with E-state index in [0.29, 0.717) is 0 Å². The predicted octanol–water partition coefficient (Wildman–Crippen LogP) is 3.15. The van der Waals surface area contributed by atoms with Crippen LogP contribution in [0.4, 0.5) is 10.1 Å². The summed E-state index contributed by atoms with van der Waals surface area (Å²) in [5, 5.41) is 0. The van der Waals surface area contributed by atoms with Crippen molar-refractivity contribution in [2.24, 2.45) is 0 Å². The van der Waals surface area contributed by atoms with E-state index < -0.39 is 0 Å². The monoisotopic (exact) mass is 256 g/mol. The zero-order chi connectivity index (χ0) is 13.2. The van der Waals surface area contributed by atoms with E-state index in [1.54, 1.807) is 19.2 Å². The second-order valence-corrected chi connectivity index (χ2v) is 4.59. The molecular formula is C16H15FNO+. The van der Waals surface area contributed by atoms with Crippen molar-refractivity contribution >= 4 is 11.9 Å². The van der Waals surface area contributed by atoms with Crippen molar-refractivity contribution in [2.75, 3.05) is 13.7 Å². The first kappa shape index (κ1) is 11.9. The molecule has 96 valence electrons. The summed E-state index contributed by atoms with van der Waals surface area (Å²) in [7, 11) is 1.67. The lowest BCUT2D eigenvalue weighted by Crippen LogP contribution is -2.19. The fourth-order valence-corrected chi connectivity index (χ4v) is 2.45. The summed E-state index contributed by atoms with van der Waals surface area (Å²) in [5.41, 5.74) is 3.23. The van der Waals surface area contributed by atoms with Gasteiger partial charge in [0.2, 0.25) is 5.69 Å². The fraction of sp³-hybridized carbons (Fsp3) is 0.188. The van der Waals surface area contributed by atoms with E-state index in [4.69, 9.17) is 4.74 Å². The third-order valence-electron chi connectivity index (χ3n) is 3.42. The molecule has 0 aromatic heterocycles. The van der Waals surface area contributed by atoms with Gasteiger partial charge in [-0.3, -0.25) is 0 Å². The largest absolute Gasteiger partial charge is 0.496 e. The average Bonchev–Trinajstić information content (AvgIpc) is 2.46. The highest BCUT2D eigenvalue weighted by Gasteiger charge is 2.20. The van der Waals surface area contributed by atoms with Gasteiger partial charge in [-0.1, -0.05) is 18.2 Å². The highest BCUT2D eigenvalue weighted by atomic mass is 19.1. The zero-order valence-electron chi connectivity index (χ0n) is 10.8. The minimum Gasteiger partial charge on any atom is -0.496 e. The molecule has 2 nitrogen and oxygen atoms in total. The zero-order valence-corrected chi connectivity index (χ0v) is 10.8. The molecule has 3 heteroatoms. The molecule has 0 unspecified atom stereocenters. The topological polar surface area (TPSA) is 12.2 Å². The van der Waals surface area contributed by atoms with Crippen LogP contribution in [-0.4, -0.2) is 24.4 Å². The standard InChI is InChI=1S/C16H15FNO/c1-19-16-7-2-4-12-8-9-18(11-15(12)16)14-6-3-5-13(17)10-14/h2-7,10-11H,8-9H2,1H3/q+1. The van der Waals surface area contributed by atoms with E-state index in [2.05, 4.69) is 10.6 Å². The van der Waals surface area contributed by atoms with Gasteiger partial charge in [0.15, 0.2) is 12.8 Å². The van der Waals surface area contributed by atoms with Crippen LogP contribution in [0.15, 0.2) is 42.5 Å². The Labute approximate surface area is 111 Å². The summed E-state index contributed by atoms with van der Waals surface area (Å²) in [6, 6.07) is 12.7. The van der Waals surface area contributed by atoms with Crippen molar-refractivity contribution in [3.63, 3.8) is 0 Å². The first-order valence-electron chi connectivity index (χ1n) is 6.31. The van der Waals surface area contributed by atoms with Gasteiger partial charge >= 0.3 is 0 Å². The van der Waals surface area contributed by atoms with Gasteiger partial charge in [0.1, 0.15) is 11.6 Å². The minimum absolute atomic E-state index is 0.211. The molecule has 0 N–H and O–H groups in total. The van der Waals surface area contributed by atoms with E-state index in [-0.39, 0.29) is 5.82 Å². The van der Waals surface area contributed by atoms with Crippen LogP contribution in [0.1, 0.15) is 11.1 Å². The van der Waals surface area contributed by atoms with Gasteiger partial charge in [0.25, 0.3) is 0 Å². The quantitative estimate of drug-likeness (QED) is 0.752. The van der Waals surface area contributed by atoms with Gasteiger partial charge in [-0.15, -0.1) is 0 Å². The summed E-state index contributed by atoms with van der Waals surface area (Å²) in [5.74, 6) is 0.648. The Hall–Kier alpha value is -2.16. The second-order valence-electron chi connectivity index (χ2n) is 4.59. The Morgan fingerprint density at radius 3 is 2.79 bits per heavy atom. The smallest absolute Gasteiger partial charge is 0.208 e. The molecule has 0 spiro atoms. The lowest BCUT2D eigenvalue weighted by Gasteiger charge is -2.14. The molecule has 0 atom stereocenters. The van der Waals surface area contributed by atoms with Crippen molar-refractivity contribution in [1.82, 2.24) is 0 Å². The second kappa shape index (κ2) is 4.84. The van der Waals surface area contributed by atoms with Gasteiger partial charge < -0.3 is 4.74 Å². The molecule has 0 fully saturated rings. The van der Waals surface area contributed by atoms with Gasteiger partial charge in [-0.2, -0.15) is 4.58 Å². The highest BCUT2D eigenvalue weighted by molar-refractivity contribution is 5.83. The number of ether oxygens (including phenoxy) is 1. The number of methoxy groups -OCH3 is 1. The molecule has 1 aliphatic heterocycles. The van der Waals surface area contributed by atoms with Crippen LogP contribution in [0.25, 0.3) is 0 Å². The third kappa shape index (κ3) is 2.24. The summed E-state index contributed by atoms with van der Waals surface area (Å²) < 4.78 is 20.8. The molecular weight excluding hydrogens is 241 g/mol. The van der Waals surface area contributed by atoms with E-state index in [0.717, 1.165) is 30.0 Å². The molecule has 0 saturated heterocycles. The maximum atomic E-state index is 13.3. The molecule has 0 aliphatic carbocycles. The maximum Gasteiger partial charge on any atom is 0.208 e. The number of hydrogen-bond acceptors (Lipinski definition) is 1. The van der Waals surface area contributed by atoms with Crippen LogP contribution in [0.3, 0.4) is 0 Å². The first-order valence-corrected chi connectivity index (χ1v) is 6.31. The Morgan fingerprint density at radius 2 is 2.00 bits per heavy atom. The van der Waals surface area contributed by atoms with Crippen molar-refractivity contribution in [2.45, 2.75) is 6.42 Å². The minimum atomic E-state index is -0.211. The summed E-state index contributed by atoms with van der Waals surface area (Å²) >= 11 is 0. The van der Waals surface area contributed by atoms with E-state index >= 15 is 0 Å². The van der Waals surface area contributed by atoms with Crippen LogP contribution in [0.5, 0.6) is 5.75 Å². The SMILES string of the molecule is COc1cccc2c1C=[N+](c1cccc(F)c1)CC2. The van der Waals surface area contributed by atoms with E-state index in [1.807, 2.05) is 24.4 Å². The average molecular weight is 256 g/mol. The predicted molar refractivity (Wildman–Crippen MR) is 73.1 cm³/mol. The van der Waals surface area contributed by atoms with Crippen LogP contribution in [0, 0.1) is 5.82 Å². The summed E-state index contributed by atoms with van der Waals surface area (Å²) in [4.78, 5) is 0. The van der Waals surface area contributed by atoms with Crippen LogP contribution in [-0.2, 0) is 6.42 Å². The van der Waals surface area contributed by atoms with Crippen LogP contribution in [0.2, 0.25) is 0 Å². The molecule has 1 aliphatic rings. The van der Waals surface area contributed by atoms with Gasteiger partial charge in [-0.05, 0) is 17.7 Å². The van der Waals surface area contributed by atoms with Crippen molar-refractivity contribution < 1.29 is 13.7 Å². The Balaban J connectivity index is 2.08. The number of fused-ring (bicyclic) bond motifs is 1. The number of rotatable bonds is 2. The third-order valence-corrected chi connectivity index (χ3v) is 3.42. The Kier molecular flexibility index (Phi) is 3.03. The fourth-order valence-electron chi connectivity index (χ4n) is 2.45. The molecule has 19 heavy (non-hydrogen) atoms. The number of nitrogens with zero attached hydrogens (tertiary/aromatic N) is 1. The van der Waals surface area contributed by atoms with Gasteiger partial charge in [-0.25, -0.2) is 4.39 Å². The molecule has 1 heterocycles. The number of halogens is 1. The molecule has 0 bridgehead atoms. The molecule has 0 radical (unpaired) electrons. The molecule has 0 saturated carbocycles. The van der Waals surface area contributed by atoms with Gasteiger partial charge in [0.05, 0.1) is 12.7 Å². The summed E-state index contributed by atoms with van der Waals surface area (Å²) in [6.45, 7) is 0.851. The normalized spacial score (nSPS) is 13.7. The Morgan fingerprint density at radius 1 is 1.16 bits per heavy atom. The van der Waals surface area contributed by atoms with E-state index in [9.17, 15) is 4.39 Å². The van der Waals surface area contributed by atoms with Crippen LogP contribution < -0.4 is 4.74 Å². The highest BCUT2D eigenvalue weighted by Crippen LogP contribution is 2.25. The maximum absolute atomic E-state index is 13.3. The molecule has 0 amide bonds. The lowest BCUT2D eigenvalue weighted by atomic mass is 10.0. The molecule has 2 aromatic rings. The summed E-state index contributed by atoms with van der Waals surface area (Å²) in [6.07, 6.45) is 2.96. The number of hydrogen-bond donors (Lipinski definition) is 0. The number of benzene rings is 2. The van der Waals surface area contributed by atoms with Crippen molar-refractivity contribution in [1.29, 1.82) is 0 Å². The van der Waals surface area contributed by atoms with Crippen molar-refractivity contribution in [3.05, 3.63) is 59.4 Å². The van der Waals surface area contributed by atoms with Crippen LogP contribution >= 0.6 is 0 Å². The van der Waals surface area contributed by atoms with Gasteiger partial charge in [0, 0.05) is 18.6 Å².